The molecular formula is C13H13BrClN3O. The molecule has 0 fully saturated rings. The van der Waals surface area contributed by atoms with E-state index in [1.54, 1.807) is 22.9 Å². The van der Waals surface area contributed by atoms with E-state index in [2.05, 4.69) is 32.9 Å². The number of ketones is 1. The van der Waals surface area contributed by atoms with Gasteiger partial charge >= 0.3 is 0 Å². The Bertz CT molecular complexity index is 597. The van der Waals surface area contributed by atoms with E-state index in [4.69, 9.17) is 11.6 Å². The van der Waals surface area contributed by atoms with Gasteiger partial charge in [-0.3, -0.25) is 4.79 Å². The lowest BCUT2D eigenvalue weighted by Crippen LogP contribution is -2.12. The third-order valence-electron chi connectivity index (χ3n) is 2.68. The van der Waals surface area contributed by atoms with Gasteiger partial charge in [-0.2, -0.15) is 5.10 Å². The van der Waals surface area contributed by atoms with Gasteiger partial charge in [0.05, 0.1) is 6.42 Å². The van der Waals surface area contributed by atoms with E-state index in [1.165, 1.54) is 6.33 Å². The molecule has 1 aromatic heterocycles. The topological polar surface area (TPSA) is 47.8 Å². The molecule has 19 heavy (non-hydrogen) atoms. The van der Waals surface area contributed by atoms with Crippen molar-refractivity contribution in [3.8, 4) is 0 Å². The minimum Gasteiger partial charge on any atom is -0.294 e. The van der Waals surface area contributed by atoms with Gasteiger partial charge in [0, 0.05) is 21.6 Å². The van der Waals surface area contributed by atoms with Crippen molar-refractivity contribution >= 4 is 33.3 Å². The van der Waals surface area contributed by atoms with Gasteiger partial charge in [0.25, 0.3) is 0 Å². The summed E-state index contributed by atoms with van der Waals surface area (Å²) >= 11 is 9.22. The lowest BCUT2D eigenvalue weighted by Gasteiger charge is -2.06. The largest absolute Gasteiger partial charge is 0.294 e. The zero-order valence-electron chi connectivity index (χ0n) is 10.4. The second-order valence-electron chi connectivity index (χ2n) is 4.12. The van der Waals surface area contributed by atoms with Gasteiger partial charge in [0.1, 0.15) is 12.2 Å². The van der Waals surface area contributed by atoms with Gasteiger partial charge in [0.2, 0.25) is 0 Å². The SMILES string of the molecule is CCCn1ncnc1CC(=O)c1ccc(Cl)cc1Br. The molecule has 6 heteroatoms. The molecule has 0 aliphatic rings. The summed E-state index contributed by atoms with van der Waals surface area (Å²) < 4.78 is 2.47. The van der Waals surface area contributed by atoms with E-state index >= 15 is 0 Å². The first kappa shape index (κ1) is 14.2. The molecule has 1 aromatic carbocycles. The number of nitrogens with zero attached hydrogens (tertiary/aromatic N) is 3. The average Bonchev–Trinajstić information content (AvgIpc) is 2.77. The number of benzene rings is 1. The summed E-state index contributed by atoms with van der Waals surface area (Å²) in [5, 5.41) is 4.70. The van der Waals surface area contributed by atoms with Crippen LogP contribution in [0, 0.1) is 0 Å². The predicted octanol–water partition coefficient (Wildman–Crippen LogP) is 3.53. The minimum atomic E-state index is -0.00565. The van der Waals surface area contributed by atoms with Crippen LogP contribution in [-0.2, 0) is 13.0 Å². The number of aryl methyl sites for hydroxylation is 1. The molecule has 0 amide bonds. The Labute approximate surface area is 124 Å². The van der Waals surface area contributed by atoms with Crippen molar-refractivity contribution in [1.82, 2.24) is 14.8 Å². The summed E-state index contributed by atoms with van der Waals surface area (Å²) in [6, 6.07) is 5.14. The maximum Gasteiger partial charge on any atom is 0.171 e. The number of hydrogen-bond donors (Lipinski definition) is 0. The fourth-order valence-corrected chi connectivity index (χ4v) is 2.68. The maximum absolute atomic E-state index is 12.2. The molecule has 0 saturated carbocycles. The molecule has 0 unspecified atom stereocenters. The summed E-state index contributed by atoms with van der Waals surface area (Å²) in [4.78, 5) is 16.4. The zero-order chi connectivity index (χ0) is 13.8. The monoisotopic (exact) mass is 341 g/mol. The quantitative estimate of drug-likeness (QED) is 0.781. The summed E-state index contributed by atoms with van der Waals surface area (Å²) in [7, 11) is 0. The van der Waals surface area contributed by atoms with E-state index in [1.807, 2.05) is 0 Å². The van der Waals surface area contributed by atoms with Crippen LogP contribution in [0.3, 0.4) is 0 Å². The Balaban J connectivity index is 2.18. The van der Waals surface area contributed by atoms with E-state index in [0.717, 1.165) is 13.0 Å². The molecular weight excluding hydrogens is 330 g/mol. The summed E-state index contributed by atoms with van der Waals surface area (Å²) in [5.41, 5.74) is 0.607. The lowest BCUT2D eigenvalue weighted by molar-refractivity contribution is 0.0988. The predicted molar refractivity (Wildman–Crippen MR) is 77.5 cm³/mol. The highest BCUT2D eigenvalue weighted by atomic mass is 79.9. The van der Waals surface area contributed by atoms with Gasteiger partial charge in [-0.15, -0.1) is 0 Å². The van der Waals surface area contributed by atoms with Crippen molar-refractivity contribution in [2.24, 2.45) is 0 Å². The van der Waals surface area contributed by atoms with Crippen LogP contribution < -0.4 is 0 Å². The lowest BCUT2D eigenvalue weighted by atomic mass is 10.1. The molecule has 0 radical (unpaired) electrons. The summed E-state index contributed by atoms with van der Waals surface area (Å²) in [6.07, 6.45) is 2.67. The normalized spacial score (nSPS) is 10.7. The zero-order valence-corrected chi connectivity index (χ0v) is 12.8. The Morgan fingerprint density at radius 3 is 2.95 bits per heavy atom. The fraction of sp³-hybridized carbons (Fsp3) is 0.308. The number of hydrogen-bond acceptors (Lipinski definition) is 3. The summed E-state index contributed by atoms with van der Waals surface area (Å²) in [6.45, 7) is 2.83. The van der Waals surface area contributed by atoms with Crippen molar-refractivity contribution < 1.29 is 4.79 Å². The molecule has 0 saturated heterocycles. The van der Waals surface area contributed by atoms with Crippen molar-refractivity contribution in [3.05, 3.63) is 45.4 Å². The van der Waals surface area contributed by atoms with Gasteiger partial charge in [0.15, 0.2) is 5.78 Å². The smallest absolute Gasteiger partial charge is 0.171 e. The van der Waals surface area contributed by atoms with E-state index < -0.39 is 0 Å². The van der Waals surface area contributed by atoms with Gasteiger partial charge in [-0.05, 0) is 40.5 Å². The number of halogens is 2. The molecule has 2 rings (SSSR count). The third-order valence-corrected chi connectivity index (χ3v) is 3.57. The van der Waals surface area contributed by atoms with Crippen LogP contribution in [0.5, 0.6) is 0 Å². The molecule has 2 aromatic rings. The van der Waals surface area contributed by atoms with E-state index in [-0.39, 0.29) is 12.2 Å². The van der Waals surface area contributed by atoms with Gasteiger partial charge < -0.3 is 0 Å². The molecule has 0 aliphatic carbocycles. The van der Waals surface area contributed by atoms with Crippen LogP contribution in [0.25, 0.3) is 0 Å². The van der Waals surface area contributed by atoms with Crippen LogP contribution in [-0.4, -0.2) is 20.5 Å². The Morgan fingerprint density at radius 1 is 1.47 bits per heavy atom. The Hall–Kier alpha value is -1.20. The third kappa shape index (κ3) is 3.42. The van der Waals surface area contributed by atoms with Crippen LogP contribution in [0.15, 0.2) is 29.0 Å². The number of rotatable bonds is 5. The highest BCUT2D eigenvalue weighted by molar-refractivity contribution is 9.10. The molecule has 0 bridgehead atoms. The molecule has 4 nitrogen and oxygen atoms in total. The highest BCUT2D eigenvalue weighted by Gasteiger charge is 2.14. The fourth-order valence-electron chi connectivity index (χ4n) is 1.78. The number of aromatic nitrogens is 3. The van der Waals surface area contributed by atoms with Crippen LogP contribution in [0.4, 0.5) is 0 Å². The number of Topliss-reactive ketones (excluding diaryl/α,β-unsaturated/α-hetero) is 1. The molecule has 100 valence electrons. The standard InChI is InChI=1S/C13H13BrClN3O/c1-2-5-18-13(16-8-17-18)7-12(19)10-4-3-9(15)6-11(10)14/h3-4,6,8H,2,5,7H2,1H3. The maximum atomic E-state index is 12.2. The molecule has 1 heterocycles. The van der Waals surface area contributed by atoms with Gasteiger partial charge in [-0.1, -0.05) is 18.5 Å². The molecule has 0 aliphatic heterocycles. The second-order valence-corrected chi connectivity index (χ2v) is 5.41. The summed E-state index contributed by atoms with van der Waals surface area (Å²) in [5.74, 6) is 0.683. The van der Waals surface area contributed by atoms with Crippen molar-refractivity contribution in [2.75, 3.05) is 0 Å². The first-order chi connectivity index (χ1) is 9.11. The van der Waals surface area contributed by atoms with Crippen LogP contribution in [0.1, 0.15) is 29.5 Å². The van der Waals surface area contributed by atoms with E-state index in [0.29, 0.717) is 20.9 Å². The van der Waals surface area contributed by atoms with Gasteiger partial charge in [-0.25, -0.2) is 9.67 Å². The first-order valence-corrected chi connectivity index (χ1v) is 7.14. The van der Waals surface area contributed by atoms with E-state index in [9.17, 15) is 4.79 Å². The number of carbonyl (C=O) groups excluding carboxylic acids is 1. The number of carbonyl (C=O) groups is 1. The second kappa shape index (κ2) is 6.30. The minimum absolute atomic E-state index is 0.00565. The van der Waals surface area contributed by atoms with Crippen molar-refractivity contribution in [2.45, 2.75) is 26.3 Å². The van der Waals surface area contributed by atoms with Crippen molar-refractivity contribution in [3.63, 3.8) is 0 Å². The van der Waals surface area contributed by atoms with Crippen LogP contribution >= 0.6 is 27.5 Å². The molecule has 0 N–H and O–H groups in total. The molecule has 0 atom stereocenters. The Kier molecular flexibility index (Phi) is 4.71. The Morgan fingerprint density at radius 2 is 2.26 bits per heavy atom. The van der Waals surface area contributed by atoms with Crippen LogP contribution in [0.2, 0.25) is 5.02 Å². The molecule has 0 spiro atoms. The highest BCUT2D eigenvalue weighted by Crippen LogP contribution is 2.22. The average molecular weight is 343 g/mol. The van der Waals surface area contributed by atoms with Crippen molar-refractivity contribution in [1.29, 1.82) is 0 Å². The first-order valence-electron chi connectivity index (χ1n) is 5.96.